The molecular formula is C19H35N. The minimum atomic E-state index is 0.0629. The zero-order valence-electron chi connectivity index (χ0n) is 14.8. The lowest BCUT2D eigenvalue weighted by molar-refractivity contribution is 0.167. The Morgan fingerprint density at radius 1 is 0.900 bits per heavy atom. The smallest absolute Gasteiger partial charge is 0.0874 e. The molecule has 0 N–H and O–H groups in total. The molecular weight excluding hydrogens is 242 g/mol. The molecule has 1 atom stereocenters. The first-order valence-corrected chi connectivity index (χ1v) is 8.72. The fraction of sp³-hybridized carbons (Fsp3) is 0.842. The van der Waals surface area contributed by atoms with E-state index in [1.54, 1.807) is 0 Å². The van der Waals surface area contributed by atoms with Gasteiger partial charge in [-0.25, -0.2) is 0 Å². The van der Waals surface area contributed by atoms with Gasteiger partial charge in [-0.15, -0.1) is 0 Å². The Kier molecular flexibility index (Phi) is 5.63. The number of rotatable bonds is 8. The molecule has 1 nitrogen and oxygen atoms in total. The van der Waals surface area contributed by atoms with Crippen LogP contribution in [0.3, 0.4) is 0 Å². The third kappa shape index (κ3) is 2.49. The van der Waals surface area contributed by atoms with Gasteiger partial charge in [0.2, 0.25) is 0 Å². The van der Waals surface area contributed by atoms with Crippen LogP contribution in [0.2, 0.25) is 0 Å². The van der Waals surface area contributed by atoms with Gasteiger partial charge in [-0.05, 0) is 38.5 Å². The maximum Gasteiger partial charge on any atom is 0.0874 e. The van der Waals surface area contributed by atoms with Gasteiger partial charge in [0.15, 0.2) is 0 Å². The van der Waals surface area contributed by atoms with E-state index in [0.717, 1.165) is 12.8 Å². The van der Waals surface area contributed by atoms with Crippen molar-refractivity contribution in [3.05, 3.63) is 12.2 Å². The molecule has 1 aliphatic rings. The van der Waals surface area contributed by atoms with Crippen LogP contribution in [0.5, 0.6) is 0 Å². The summed E-state index contributed by atoms with van der Waals surface area (Å²) in [5, 5.41) is 0. The molecule has 0 fully saturated rings. The van der Waals surface area contributed by atoms with E-state index in [2.05, 4.69) is 60.6 Å². The summed E-state index contributed by atoms with van der Waals surface area (Å²) in [6.45, 7) is 16.2. The van der Waals surface area contributed by atoms with Crippen molar-refractivity contribution in [1.29, 1.82) is 0 Å². The highest BCUT2D eigenvalue weighted by Crippen LogP contribution is 2.53. The highest BCUT2D eigenvalue weighted by Gasteiger charge is 2.51. The molecule has 20 heavy (non-hydrogen) atoms. The van der Waals surface area contributed by atoms with Crippen LogP contribution in [0.25, 0.3) is 0 Å². The van der Waals surface area contributed by atoms with Crippen LogP contribution in [-0.4, -0.2) is 11.3 Å². The minimum Gasteiger partial charge on any atom is -0.282 e. The summed E-state index contributed by atoms with van der Waals surface area (Å²) < 4.78 is 0. The molecule has 116 valence electrons. The maximum absolute atomic E-state index is 5.39. The van der Waals surface area contributed by atoms with E-state index in [0.29, 0.717) is 5.41 Å². The largest absolute Gasteiger partial charge is 0.282 e. The summed E-state index contributed by atoms with van der Waals surface area (Å²) in [6.07, 6.45) is 11.8. The monoisotopic (exact) mass is 277 g/mol. The fourth-order valence-corrected chi connectivity index (χ4v) is 3.85. The van der Waals surface area contributed by atoms with Crippen molar-refractivity contribution >= 4 is 5.71 Å². The Morgan fingerprint density at radius 3 is 1.70 bits per heavy atom. The van der Waals surface area contributed by atoms with Crippen molar-refractivity contribution in [3.8, 4) is 0 Å². The van der Waals surface area contributed by atoms with Crippen LogP contribution in [0.15, 0.2) is 17.1 Å². The predicted octanol–water partition coefficient (Wildman–Crippen LogP) is 6.19. The Bertz CT molecular complexity index is 369. The summed E-state index contributed by atoms with van der Waals surface area (Å²) in [7, 11) is 0. The molecule has 1 aliphatic carbocycles. The van der Waals surface area contributed by atoms with Crippen LogP contribution in [0, 0.1) is 10.8 Å². The number of aliphatic imine (C=N–C) groups is 1. The van der Waals surface area contributed by atoms with E-state index in [1.165, 1.54) is 31.4 Å². The summed E-state index contributed by atoms with van der Waals surface area (Å²) in [5.74, 6) is 0. The lowest BCUT2D eigenvalue weighted by Crippen LogP contribution is -2.51. The Morgan fingerprint density at radius 2 is 1.45 bits per heavy atom. The molecule has 0 aliphatic heterocycles. The SMILES string of the molecule is CCC(=NC1(CC)C=CC1(CC)CC)C(C)(CC)CC. The molecule has 0 bridgehead atoms. The molecule has 0 radical (unpaired) electrons. The van der Waals surface area contributed by atoms with E-state index in [9.17, 15) is 0 Å². The summed E-state index contributed by atoms with van der Waals surface area (Å²) in [4.78, 5) is 5.39. The van der Waals surface area contributed by atoms with E-state index in [-0.39, 0.29) is 11.0 Å². The highest BCUT2D eigenvalue weighted by atomic mass is 14.9. The number of hydrogen-bond acceptors (Lipinski definition) is 1. The van der Waals surface area contributed by atoms with Gasteiger partial charge in [-0.1, -0.05) is 60.6 Å². The molecule has 0 saturated carbocycles. The minimum absolute atomic E-state index is 0.0629. The van der Waals surface area contributed by atoms with Gasteiger partial charge in [0.1, 0.15) is 0 Å². The second-order valence-corrected chi connectivity index (χ2v) is 6.65. The highest BCUT2D eigenvalue weighted by molar-refractivity contribution is 5.90. The van der Waals surface area contributed by atoms with E-state index >= 15 is 0 Å². The second-order valence-electron chi connectivity index (χ2n) is 6.65. The maximum atomic E-state index is 5.39. The zero-order valence-corrected chi connectivity index (χ0v) is 14.8. The standard InChI is InChI=1S/C19H35N/c1-8-16(17(7,9-2)10-3)20-19(13-6)15-14-18(19,11-4)12-5/h14-15H,8-13H2,1-7H3. The molecule has 0 aromatic heterocycles. The van der Waals surface area contributed by atoms with Crippen molar-refractivity contribution in [3.63, 3.8) is 0 Å². The molecule has 1 rings (SSSR count). The Hall–Kier alpha value is -0.590. The van der Waals surface area contributed by atoms with Gasteiger partial charge >= 0.3 is 0 Å². The van der Waals surface area contributed by atoms with Crippen molar-refractivity contribution < 1.29 is 0 Å². The van der Waals surface area contributed by atoms with Crippen LogP contribution in [-0.2, 0) is 0 Å². The van der Waals surface area contributed by atoms with Crippen molar-refractivity contribution in [2.45, 2.75) is 92.5 Å². The third-order valence-corrected chi connectivity index (χ3v) is 6.27. The van der Waals surface area contributed by atoms with Crippen molar-refractivity contribution in [2.75, 3.05) is 0 Å². The van der Waals surface area contributed by atoms with Crippen molar-refractivity contribution in [2.24, 2.45) is 15.8 Å². The zero-order chi connectivity index (χ0) is 15.4. The lowest BCUT2D eigenvalue weighted by atomic mass is 9.57. The van der Waals surface area contributed by atoms with Gasteiger partial charge in [-0.2, -0.15) is 0 Å². The molecule has 0 spiro atoms. The summed E-state index contributed by atoms with van der Waals surface area (Å²) in [5.41, 5.74) is 2.06. The summed E-state index contributed by atoms with van der Waals surface area (Å²) >= 11 is 0. The second kappa shape index (κ2) is 6.45. The van der Waals surface area contributed by atoms with E-state index in [1.807, 2.05) is 0 Å². The van der Waals surface area contributed by atoms with Gasteiger partial charge in [-0.3, -0.25) is 4.99 Å². The molecule has 0 amide bonds. The first kappa shape index (κ1) is 17.5. The number of nitrogens with zero attached hydrogens (tertiary/aromatic N) is 1. The van der Waals surface area contributed by atoms with Gasteiger partial charge < -0.3 is 0 Å². The molecule has 1 heteroatoms. The van der Waals surface area contributed by atoms with E-state index < -0.39 is 0 Å². The normalized spacial score (nSPS) is 25.6. The van der Waals surface area contributed by atoms with Crippen LogP contribution in [0.4, 0.5) is 0 Å². The molecule has 0 heterocycles. The van der Waals surface area contributed by atoms with Gasteiger partial charge in [0, 0.05) is 16.5 Å². The average molecular weight is 277 g/mol. The van der Waals surface area contributed by atoms with E-state index in [4.69, 9.17) is 4.99 Å². The quantitative estimate of drug-likeness (QED) is 0.370. The predicted molar refractivity (Wildman–Crippen MR) is 91.6 cm³/mol. The third-order valence-electron chi connectivity index (χ3n) is 6.27. The fourth-order valence-electron chi connectivity index (χ4n) is 3.85. The Labute approximate surface area is 127 Å². The molecule has 0 aromatic carbocycles. The van der Waals surface area contributed by atoms with Crippen molar-refractivity contribution in [1.82, 2.24) is 0 Å². The van der Waals surface area contributed by atoms with Crippen LogP contribution >= 0.6 is 0 Å². The molecule has 1 unspecified atom stereocenters. The topological polar surface area (TPSA) is 12.4 Å². The summed E-state index contributed by atoms with van der Waals surface area (Å²) in [6, 6.07) is 0. The first-order valence-electron chi connectivity index (χ1n) is 8.72. The van der Waals surface area contributed by atoms with Crippen LogP contribution in [0.1, 0.15) is 87.0 Å². The molecule has 0 saturated heterocycles. The lowest BCUT2D eigenvalue weighted by Gasteiger charge is -2.52. The number of hydrogen-bond donors (Lipinski definition) is 0. The average Bonchev–Trinajstić information content (AvgIpc) is 2.48. The first-order chi connectivity index (χ1) is 9.43. The van der Waals surface area contributed by atoms with Gasteiger partial charge in [0.05, 0.1) is 5.54 Å². The van der Waals surface area contributed by atoms with Crippen LogP contribution < -0.4 is 0 Å². The Balaban J connectivity index is 3.26. The molecule has 0 aromatic rings. The van der Waals surface area contributed by atoms with Gasteiger partial charge in [0.25, 0.3) is 0 Å².